The summed E-state index contributed by atoms with van der Waals surface area (Å²) in [6, 6.07) is 3.36. The number of ether oxygens (including phenoxy) is 2. The Hall–Kier alpha value is -1.07. The largest absolute Gasteiger partial charge is 0.496 e. The lowest BCUT2D eigenvalue weighted by molar-refractivity contribution is 0.381. The third kappa shape index (κ3) is 1.88. The lowest BCUT2D eigenvalue weighted by Crippen LogP contribution is -2.06. The Morgan fingerprint density at radius 3 is 2.36 bits per heavy atom. The molecule has 14 heavy (non-hydrogen) atoms. The van der Waals surface area contributed by atoms with E-state index in [4.69, 9.17) is 14.6 Å². The molecule has 0 fully saturated rings. The van der Waals surface area contributed by atoms with E-state index >= 15 is 0 Å². The second kappa shape index (κ2) is 4.43. The molecule has 1 aromatic carbocycles. The van der Waals surface area contributed by atoms with E-state index in [-0.39, 0.29) is 0 Å². The van der Waals surface area contributed by atoms with Crippen LogP contribution in [0.15, 0.2) is 17.0 Å². The Labute approximate surface area is 85.6 Å². The molecular weight excluding hydrogens is 202 g/mol. The van der Waals surface area contributed by atoms with Crippen molar-refractivity contribution in [3.8, 4) is 11.5 Å². The van der Waals surface area contributed by atoms with Crippen molar-refractivity contribution in [1.82, 2.24) is 0 Å². The van der Waals surface area contributed by atoms with Gasteiger partial charge in [-0.2, -0.15) is 0 Å². The number of methoxy groups -OCH3 is 2. The molecule has 2 N–H and O–H groups in total. The van der Waals surface area contributed by atoms with Gasteiger partial charge in [-0.3, -0.25) is 0 Å². The summed E-state index contributed by atoms with van der Waals surface area (Å²) in [7, 11) is 1.54. The Morgan fingerprint density at radius 1 is 1.29 bits per heavy atom. The molecule has 0 unspecified atom stereocenters. The van der Waals surface area contributed by atoms with Gasteiger partial charge in [0.15, 0.2) is 0 Å². The van der Waals surface area contributed by atoms with Gasteiger partial charge in [0, 0.05) is 5.56 Å². The van der Waals surface area contributed by atoms with E-state index in [2.05, 4.69) is 0 Å². The molecule has 0 aliphatic heterocycles. The molecular formula is C9H13NO3S. The molecule has 1 atom stereocenters. The van der Waals surface area contributed by atoms with E-state index in [0.29, 0.717) is 16.4 Å². The first-order chi connectivity index (χ1) is 6.61. The van der Waals surface area contributed by atoms with Gasteiger partial charge in [0.25, 0.3) is 0 Å². The fourth-order valence-corrected chi connectivity index (χ4v) is 1.90. The molecule has 1 aromatic rings. The Bertz CT molecular complexity index is 365. The van der Waals surface area contributed by atoms with Gasteiger partial charge in [0.2, 0.25) is 0 Å². The molecule has 0 aliphatic carbocycles. The standard InChI is InChI=1S/C9H13NO3S/c1-6-7(12-2)4-5-8(14(10)11)9(6)13-3/h4-5H,10H2,1-3H3/t14-/m0/s1. The van der Waals surface area contributed by atoms with Gasteiger partial charge in [0.05, 0.1) is 19.1 Å². The van der Waals surface area contributed by atoms with Gasteiger partial charge in [-0.25, -0.2) is 9.35 Å². The summed E-state index contributed by atoms with van der Waals surface area (Å²) in [5.74, 6) is 1.21. The maximum atomic E-state index is 11.1. The zero-order valence-electron chi connectivity index (χ0n) is 8.37. The van der Waals surface area contributed by atoms with Gasteiger partial charge in [-0.05, 0) is 19.1 Å². The van der Waals surface area contributed by atoms with Crippen LogP contribution in [0.25, 0.3) is 0 Å². The highest BCUT2D eigenvalue weighted by Gasteiger charge is 2.13. The van der Waals surface area contributed by atoms with Crippen molar-refractivity contribution in [1.29, 1.82) is 0 Å². The van der Waals surface area contributed by atoms with E-state index in [1.165, 1.54) is 7.11 Å². The minimum absolute atomic E-state index is 0.478. The van der Waals surface area contributed by atoms with Crippen molar-refractivity contribution >= 4 is 11.0 Å². The quantitative estimate of drug-likeness (QED) is 0.818. The van der Waals surface area contributed by atoms with Crippen molar-refractivity contribution in [3.63, 3.8) is 0 Å². The van der Waals surface area contributed by atoms with Crippen LogP contribution in [-0.4, -0.2) is 18.4 Å². The highest BCUT2D eigenvalue weighted by atomic mass is 32.2. The lowest BCUT2D eigenvalue weighted by Gasteiger charge is -2.12. The van der Waals surface area contributed by atoms with Gasteiger partial charge < -0.3 is 9.47 Å². The van der Waals surface area contributed by atoms with E-state index in [1.54, 1.807) is 19.2 Å². The number of rotatable bonds is 3. The third-order valence-corrected chi connectivity index (χ3v) is 2.72. The van der Waals surface area contributed by atoms with Gasteiger partial charge in [-0.15, -0.1) is 0 Å². The molecule has 0 radical (unpaired) electrons. The molecule has 0 saturated heterocycles. The normalized spacial score (nSPS) is 12.3. The monoisotopic (exact) mass is 215 g/mol. The zero-order chi connectivity index (χ0) is 10.7. The maximum absolute atomic E-state index is 11.1. The van der Waals surface area contributed by atoms with Crippen molar-refractivity contribution in [3.05, 3.63) is 17.7 Å². The Kier molecular flexibility index (Phi) is 3.49. The van der Waals surface area contributed by atoms with Crippen LogP contribution in [0.3, 0.4) is 0 Å². The highest BCUT2D eigenvalue weighted by molar-refractivity contribution is 7.82. The molecule has 0 aromatic heterocycles. The van der Waals surface area contributed by atoms with E-state index < -0.39 is 11.0 Å². The number of hydrogen-bond acceptors (Lipinski definition) is 3. The lowest BCUT2D eigenvalue weighted by atomic mass is 10.2. The van der Waals surface area contributed by atoms with Crippen LogP contribution in [0.4, 0.5) is 0 Å². The van der Waals surface area contributed by atoms with Crippen LogP contribution in [0.1, 0.15) is 5.56 Å². The van der Waals surface area contributed by atoms with Crippen LogP contribution in [0.5, 0.6) is 11.5 Å². The topological polar surface area (TPSA) is 61.5 Å². The number of hydrogen-bond donors (Lipinski definition) is 1. The fraction of sp³-hybridized carbons (Fsp3) is 0.333. The molecule has 78 valence electrons. The summed E-state index contributed by atoms with van der Waals surface area (Å²) in [6.07, 6.45) is 0. The Balaban J connectivity index is 3.35. The van der Waals surface area contributed by atoms with Crippen LogP contribution < -0.4 is 14.6 Å². The second-order valence-electron chi connectivity index (χ2n) is 2.72. The highest BCUT2D eigenvalue weighted by Crippen LogP contribution is 2.32. The fourth-order valence-electron chi connectivity index (χ4n) is 1.28. The van der Waals surface area contributed by atoms with E-state index in [9.17, 15) is 4.21 Å². The van der Waals surface area contributed by atoms with Crippen molar-refractivity contribution in [2.45, 2.75) is 11.8 Å². The summed E-state index contributed by atoms with van der Waals surface area (Å²) >= 11 is 0. The van der Waals surface area contributed by atoms with Crippen LogP contribution in [0.2, 0.25) is 0 Å². The first kappa shape index (κ1) is 11.0. The third-order valence-electron chi connectivity index (χ3n) is 1.96. The van der Waals surface area contributed by atoms with Gasteiger partial charge >= 0.3 is 0 Å². The first-order valence-electron chi connectivity index (χ1n) is 3.99. The van der Waals surface area contributed by atoms with Crippen LogP contribution in [-0.2, 0) is 11.0 Å². The van der Waals surface area contributed by atoms with Crippen LogP contribution >= 0.6 is 0 Å². The molecule has 0 heterocycles. The molecule has 5 heteroatoms. The predicted molar refractivity (Wildman–Crippen MR) is 54.9 cm³/mol. The van der Waals surface area contributed by atoms with E-state index in [1.807, 2.05) is 6.92 Å². The van der Waals surface area contributed by atoms with Gasteiger partial charge in [-0.1, -0.05) is 0 Å². The van der Waals surface area contributed by atoms with Crippen molar-refractivity contribution < 1.29 is 13.7 Å². The molecule has 0 saturated carbocycles. The van der Waals surface area contributed by atoms with E-state index in [0.717, 1.165) is 5.56 Å². The van der Waals surface area contributed by atoms with Crippen molar-refractivity contribution in [2.24, 2.45) is 5.14 Å². The first-order valence-corrected chi connectivity index (χ1v) is 5.20. The molecule has 0 aliphatic rings. The predicted octanol–water partition coefficient (Wildman–Crippen LogP) is 0.994. The average Bonchev–Trinajstić information content (AvgIpc) is 2.17. The summed E-state index contributed by atoms with van der Waals surface area (Å²) in [4.78, 5) is 0.478. The molecule has 0 spiro atoms. The minimum Gasteiger partial charge on any atom is -0.496 e. The Morgan fingerprint density at radius 2 is 1.93 bits per heavy atom. The van der Waals surface area contributed by atoms with Crippen molar-refractivity contribution in [2.75, 3.05) is 14.2 Å². The maximum Gasteiger partial charge on any atom is 0.142 e. The molecule has 0 amide bonds. The number of nitrogens with two attached hydrogens (primary N) is 1. The SMILES string of the molecule is COc1ccc([S@@](N)=O)c(OC)c1C. The molecule has 4 nitrogen and oxygen atoms in total. The van der Waals surface area contributed by atoms with Crippen LogP contribution in [0, 0.1) is 6.92 Å². The summed E-state index contributed by atoms with van der Waals surface area (Å²) < 4.78 is 21.4. The average molecular weight is 215 g/mol. The van der Waals surface area contributed by atoms with Gasteiger partial charge in [0.1, 0.15) is 22.5 Å². The zero-order valence-corrected chi connectivity index (χ0v) is 9.18. The molecule has 1 rings (SSSR count). The summed E-state index contributed by atoms with van der Waals surface area (Å²) in [5.41, 5.74) is 0.798. The smallest absolute Gasteiger partial charge is 0.142 e. The summed E-state index contributed by atoms with van der Waals surface area (Å²) in [5, 5.41) is 5.30. The second-order valence-corrected chi connectivity index (χ2v) is 3.76. The summed E-state index contributed by atoms with van der Waals surface area (Å²) in [6.45, 7) is 1.83. The minimum atomic E-state index is -1.54. The number of benzene rings is 1. The molecule has 0 bridgehead atoms.